The summed E-state index contributed by atoms with van der Waals surface area (Å²) in [6.45, 7) is 5.68. The van der Waals surface area contributed by atoms with Crippen molar-refractivity contribution in [1.82, 2.24) is 10.1 Å². The molecule has 0 aliphatic rings. The number of rotatable bonds is 4. The zero-order chi connectivity index (χ0) is 14.7. The van der Waals surface area contributed by atoms with E-state index in [1.54, 1.807) is 18.3 Å². The smallest absolute Gasteiger partial charge is 0.226 e. The molecule has 2 aromatic heterocycles. The van der Waals surface area contributed by atoms with Gasteiger partial charge in [0, 0.05) is 18.2 Å². The van der Waals surface area contributed by atoms with Crippen LogP contribution < -0.4 is 5.32 Å². The van der Waals surface area contributed by atoms with Gasteiger partial charge in [0.1, 0.15) is 5.76 Å². The molecule has 0 unspecified atom stereocenters. The van der Waals surface area contributed by atoms with Crippen LogP contribution in [0.4, 0.5) is 5.82 Å². The third kappa shape index (κ3) is 3.17. The number of carbonyl (C=O) groups excluding carboxylic acids is 1. The fourth-order valence-corrected chi connectivity index (χ4v) is 2.40. The summed E-state index contributed by atoms with van der Waals surface area (Å²) < 4.78 is 5.12. The second-order valence-electron chi connectivity index (χ2n) is 4.73. The van der Waals surface area contributed by atoms with Crippen molar-refractivity contribution in [3.63, 3.8) is 0 Å². The number of aryl methyl sites for hydroxylation is 2. The quantitative estimate of drug-likeness (QED) is 0.937. The number of nitrogens with one attached hydrogen (secondary N) is 1. The molecular formula is C14H16ClN3O2. The summed E-state index contributed by atoms with van der Waals surface area (Å²) in [5.74, 6) is 1.01. The van der Waals surface area contributed by atoms with Crippen LogP contribution in [0.1, 0.15) is 36.3 Å². The monoisotopic (exact) mass is 293 g/mol. The van der Waals surface area contributed by atoms with Gasteiger partial charge in [-0.15, -0.1) is 0 Å². The molecule has 2 aromatic rings. The number of hydrogen-bond donors (Lipinski definition) is 1. The number of carbonyl (C=O) groups is 1. The van der Waals surface area contributed by atoms with Crippen molar-refractivity contribution in [2.75, 3.05) is 5.32 Å². The Morgan fingerprint density at radius 3 is 2.85 bits per heavy atom. The molecule has 1 amide bonds. The van der Waals surface area contributed by atoms with Crippen LogP contribution in [0.5, 0.6) is 0 Å². The third-order valence-electron chi connectivity index (χ3n) is 3.09. The Bertz CT molecular complexity index is 605. The van der Waals surface area contributed by atoms with Crippen LogP contribution in [0.2, 0.25) is 5.02 Å². The summed E-state index contributed by atoms with van der Waals surface area (Å²) in [5.41, 5.74) is 1.80. The van der Waals surface area contributed by atoms with E-state index in [0.717, 1.165) is 17.0 Å². The zero-order valence-corrected chi connectivity index (χ0v) is 12.4. The summed E-state index contributed by atoms with van der Waals surface area (Å²) in [7, 11) is 0. The van der Waals surface area contributed by atoms with Crippen molar-refractivity contribution >= 4 is 23.3 Å². The molecule has 0 bridgehead atoms. The van der Waals surface area contributed by atoms with E-state index in [-0.39, 0.29) is 11.8 Å². The average molecular weight is 294 g/mol. The van der Waals surface area contributed by atoms with Crippen LogP contribution in [-0.4, -0.2) is 16.0 Å². The molecule has 1 atom stereocenters. The van der Waals surface area contributed by atoms with Gasteiger partial charge in [-0.25, -0.2) is 4.98 Å². The summed E-state index contributed by atoms with van der Waals surface area (Å²) in [6.07, 6.45) is 1.90. The highest BCUT2D eigenvalue weighted by Gasteiger charge is 2.19. The van der Waals surface area contributed by atoms with Crippen LogP contribution in [0.15, 0.2) is 22.9 Å². The first-order valence-corrected chi connectivity index (χ1v) is 6.70. The maximum atomic E-state index is 12.0. The Morgan fingerprint density at radius 1 is 1.50 bits per heavy atom. The van der Waals surface area contributed by atoms with Gasteiger partial charge in [0.15, 0.2) is 5.82 Å². The molecule has 106 valence electrons. The number of pyridine rings is 1. The fourth-order valence-electron chi connectivity index (χ4n) is 2.23. The second-order valence-corrected chi connectivity index (χ2v) is 5.13. The normalized spacial score (nSPS) is 12.2. The van der Waals surface area contributed by atoms with Gasteiger partial charge in [-0.2, -0.15) is 0 Å². The lowest BCUT2D eigenvalue weighted by Crippen LogP contribution is -2.16. The molecule has 0 aliphatic heterocycles. The third-order valence-corrected chi connectivity index (χ3v) is 3.39. The summed E-state index contributed by atoms with van der Waals surface area (Å²) in [6, 6.07) is 3.40. The molecule has 2 rings (SSSR count). The highest BCUT2D eigenvalue weighted by atomic mass is 35.5. The Labute approximate surface area is 122 Å². The van der Waals surface area contributed by atoms with Crippen molar-refractivity contribution in [2.45, 2.75) is 33.1 Å². The first-order chi connectivity index (χ1) is 9.49. The van der Waals surface area contributed by atoms with E-state index in [0.29, 0.717) is 17.3 Å². The van der Waals surface area contributed by atoms with E-state index in [1.165, 1.54) is 0 Å². The SMILES string of the molecule is Cc1noc(C)c1[C@H](C)CC(=O)Nc1ncccc1Cl. The Kier molecular flexibility index (Phi) is 4.39. The number of aromatic nitrogens is 2. The lowest BCUT2D eigenvalue weighted by atomic mass is 9.96. The lowest BCUT2D eigenvalue weighted by Gasteiger charge is -2.11. The molecule has 5 nitrogen and oxygen atoms in total. The van der Waals surface area contributed by atoms with Gasteiger partial charge in [-0.05, 0) is 31.9 Å². The molecule has 20 heavy (non-hydrogen) atoms. The molecule has 0 saturated carbocycles. The molecule has 6 heteroatoms. The average Bonchev–Trinajstić information content (AvgIpc) is 2.72. The van der Waals surface area contributed by atoms with Crippen molar-refractivity contribution in [3.05, 3.63) is 40.4 Å². The largest absolute Gasteiger partial charge is 0.361 e. The number of nitrogens with zero attached hydrogens (tertiary/aromatic N) is 2. The van der Waals surface area contributed by atoms with Crippen LogP contribution in [0.3, 0.4) is 0 Å². The second kappa shape index (κ2) is 6.05. The summed E-state index contributed by atoms with van der Waals surface area (Å²) in [4.78, 5) is 16.1. The summed E-state index contributed by atoms with van der Waals surface area (Å²) in [5, 5.41) is 7.03. The van der Waals surface area contributed by atoms with Gasteiger partial charge in [0.2, 0.25) is 5.91 Å². The first-order valence-electron chi connectivity index (χ1n) is 6.32. The maximum Gasteiger partial charge on any atom is 0.226 e. The Morgan fingerprint density at radius 2 is 2.25 bits per heavy atom. The molecule has 0 radical (unpaired) electrons. The van der Waals surface area contributed by atoms with Crippen molar-refractivity contribution in [3.8, 4) is 0 Å². The first kappa shape index (κ1) is 14.5. The van der Waals surface area contributed by atoms with E-state index in [2.05, 4.69) is 15.5 Å². The Hall–Kier alpha value is -1.88. The van der Waals surface area contributed by atoms with Gasteiger partial charge >= 0.3 is 0 Å². The molecular weight excluding hydrogens is 278 g/mol. The molecule has 0 aromatic carbocycles. The van der Waals surface area contributed by atoms with E-state index in [1.807, 2.05) is 20.8 Å². The van der Waals surface area contributed by atoms with Crippen molar-refractivity contribution < 1.29 is 9.32 Å². The molecule has 0 aliphatic carbocycles. The van der Waals surface area contributed by atoms with Gasteiger partial charge in [0.25, 0.3) is 0 Å². The summed E-state index contributed by atoms with van der Waals surface area (Å²) >= 11 is 5.95. The zero-order valence-electron chi connectivity index (χ0n) is 11.6. The molecule has 2 heterocycles. The lowest BCUT2D eigenvalue weighted by molar-refractivity contribution is -0.116. The predicted octanol–water partition coefficient (Wildman–Crippen LogP) is 3.47. The maximum absolute atomic E-state index is 12.0. The highest BCUT2D eigenvalue weighted by molar-refractivity contribution is 6.33. The number of hydrogen-bond acceptors (Lipinski definition) is 4. The van der Waals surface area contributed by atoms with Gasteiger partial charge < -0.3 is 9.84 Å². The minimum Gasteiger partial charge on any atom is -0.361 e. The fraction of sp³-hybridized carbons (Fsp3) is 0.357. The van der Waals surface area contributed by atoms with E-state index < -0.39 is 0 Å². The number of halogens is 1. The molecule has 1 N–H and O–H groups in total. The van der Waals surface area contributed by atoms with Crippen LogP contribution in [0.25, 0.3) is 0 Å². The Balaban J connectivity index is 2.04. The van der Waals surface area contributed by atoms with Gasteiger partial charge in [0.05, 0.1) is 10.7 Å². The van der Waals surface area contributed by atoms with Crippen molar-refractivity contribution in [2.24, 2.45) is 0 Å². The number of amides is 1. The van der Waals surface area contributed by atoms with Gasteiger partial charge in [-0.3, -0.25) is 4.79 Å². The van der Waals surface area contributed by atoms with Crippen molar-refractivity contribution in [1.29, 1.82) is 0 Å². The van der Waals surface area contributed by atoms with E-state index >= 15 is 0 Å². The molecule has 0 saturated heterocycles. The van der Waals surface area contributed by atoms with Crippen LogP contribution >= 0.6 is 11.6 Å². The van der Waals surface area contributed by atoms with Crippen LogP contribution in [0, 0.1) is 13.8 Å². The molecule has 0 fully saturated rings. The molecule has 0 spiro atoms. The van der Waals surface area contributed by atoms with Gasteiger partial charge in [-0.1, -0.05) is 23.7 Å². The van der Waals surface area contributed by atoms with Crippen LogP contribution in [-0.2, 0) is 4.79 Å². The van der Waals surface area contributed by atoms with E-state index in [9.17, 15) is 4.79 Å². The topological polar surface area (TPSA) is 68.0 Å². The predicted molar refractivity (Wildman–Crippen MR) is 76.9 cm³/mol. The van der Waals surface area contributed by atoms with E-state index in [4.69, 9.17) is 16.1 Å². The highest BCUT2D eigenvalue weighted by Crippen LogP contribution is 2.26. The minimum absolute atomic E-state index is 0.0173. The standard InChI is InChI=1S/C14H16ClN3O2/c1-8(13-9(2)18-20-10(13)3)7-12(19)17-14-11(15)5-4-6-16-14/h4-6,8H,7H2,1-3H3,(H,16,17,19)/t8-/m1/s1. The number of anilines is 1. The minimum atomic E-state index is -0.141.